The van der Waals surface area contributed by atoms with Gasteiger partial charge in [0.05, 0.1) is 6.10 Å². The number of aromatic amines is 1. The van der Waals surface area contributed by atoms with Crippen LogP contribution in [0.2, 0.25) is 0 Å². The zero-order chi connectivity index (χ0) is 12.9. The van der Waals surface area contributed by atoms with Crippen LogP contribution in [-0.4, -0.2) is 45.3 Å². The molecule has 8 heteroatoms. The van der Waals surface area contributed by atoms with Gasteiger partial charge in [0.25, 0.3) is 10.1 Å². The van der Waals surface area contributed by atoms with Crippen molar-refractivity contribution in [1.82, 2.24) is 15.4 Å². The topological polar surface area (TPSA) is 116 Å². The SMILES string of the molecule is CC(O)CS(=O)(=O)O.c1ccc2n[nH]nc2c1. The molecule has 1 atom stereocenters. The van der Waals surface area contributed by atoms with Crippen molar-refractivity contribution in [3.8, 4) is 0 Å². The van der Waals surface area contributed by atoms with Gasteiger partial charge in [-0.05, 0) is 19.1 Å². The number of fused-ring (bicyclic) bond motifs is 1. The summed E-state index contributed by atoms with van der Waals surface area (Å²) >= 11 is 0. The zero-order valence-electron chi connectivity index (χ0n) is 9.11. The van der Waals surface area contributed by atoms with Gasteiger partial charge in [-0.3, -0.25) is 4.55 Å². The number of hydrogen-bond acceptors (Lipinski definition) is 5. The number of hydrogen-bond donors (Lipinski definition) is 3. The molecule has 0 fully saturated rings. The second kappa shape index (κ2) is 5.71. The summed E-state index contributed by atoms with van der Waals surface area (Å²) in [7, 11) is -3.97. The van der Waals surface area contributed by atoms with Crippen LogP contribution in [0.3, 0.4) is 0 Å². The minimum atomic E-state index is -3.97. The van der Waals surface area contributed by atoms with Gasteiger partial charge in [-0.25, -0.2) is 0 Å². The number of benzene rings is 1. The van der Waals surface area contributed by atoms with Gasteiger partial charge in [-0.15, -0.1) is 0 Å². The Morgan fingerprint density at radius 3 is 2.06 bits per heavy atom. The lowest BCUT2D eigenvalue weighted by Crippen LogP contribution is -2.16. The number of nitrogens with one attached hydrogen (secondary N) is 1. The van der Waals surface area contributed by atoms with E-state index >= 15 is 0 Å². The van der Waals surface area contributed by atoms with Crippen molar-refractivity contribution < 1.29 is 18.1 Å². The summed E-state index contributed by atoms with van der Waals surface area (Å²) in [5.74, 6) is -0.590. The van der Waals surface area contributed by atoms with Crippen LogP contribution < -0.4 is 0 Å². The summed E-state index contributed by atoms with van der Waals surface area (Å²) in [6.07, 6.45) is -0.995. The Labute approximate surface area is 98.2 Å². The summed E-state index contributed by atoms with van der Waals surface area (Å²) in [6, 6.07) is 7.70. The Hall–Kier alpha value is -1.51. The lowest BCUT2D eigenvalue weighted by atomic mass is 10.3. The molecule has 0 aliphatic heterocycles. The fourth-order valence-corrected chi connectivity index (χ4v) is 1.70. The van der Waals surface area contributed by atoms with E-state index in [9.17, 15) is 8.42 Å². The predicted molar refractivity (Wildman–Crippen MR) is 62.0 cm³/mol. The molecule has 1 aromatic heterocycles. The number of aliphatic hydroxyl groups is 1. The van der Waals surface area contributed by atoms with Crippen molar-refractivity contribution in [2.45, 2.75) is 13.0 Å². The Balaban J connectivity index is 0.000000172. The van der Waals surface area contributed by atoms with Crippen LogP contribution in [0.15, 0.2) is 24.3 Å². The summed E-state index contributed by atoms with van der Waals surface area (Å²) in [6.45, 7) is 1.29. The molecule has 0 amide bonds. The van der Waals surface area contributed by atoms with Crippen molar-refractivity contribution in [3.63, 3.8) is 0 Å². The number of nitrogens with zero attached hydrogens (tertiary/aromatic N) is 2. The van der Waals surface area contributed by atoms with E-state index < -0.39 is 22.0 Å². The van der Waals surface area contributed by atoms with E-state index in [0.717, 1.165) is 11.0 Å². The zero-order valence-corrected chi connectivity index (χ0v) is 9.92. The van der Waals surface area contributed by atoms with E-state index in [-0.39, 0.29) is 0 Å². The third-order valence-electron chi connectivity index (χ3n) is 1.67. The predicted octanol–water partition coefficient (Wildman–Crippen LogP) is 0.213. The normalized spacial score (nSPS) is 12.9. The van der Waals surface area contributed by atoms with Crippen LogP contribution in [0.5, 0.6) is 0 Å². The van der Waals surface area contributed by atoms with Gasteiger partial charge in [-0.1, -0.05) is 12.1 Å². The molecule has 0 aliphatic rings. The van der Waals surface area contributed by atoms with E-state index in [4.69, 9.17) is 9.66 Å². The van der Waals surface area contributed by atoms with Gasteiger partial charge in [-0.2, -0.15) is 23.8 Å². The molecule has 0 radical (unpaired) electrons. The van der Waals surface area contributed by atoms with E-state index in [1.807, 2.05) is 24.3 Å². The minimum absolute atomic E-state index is 0.590. The number of aliphatic hydroxyl groups excluding tert-OH is 1. The van der Waals surface area contributed by atoms with Crippen LogP contribution in [0.1, 0.15) is 6.92 Å². The van der Waals surface area contributed by atoms with Crippen LogP contribution >= 0.6 is 0 Å². The minimum Gasteiger partial charge on any atom is -0.392 e. The number of H-pyrrole nitrogens is 1. The Bertz CT molecular complexity index is 534. The standard InChI is InChI=1S/C6H5N3.C3H8O4S/c1-2-4-6-5(3-1)7-9-8-6;1-3(4)2-8(5,6)7/h1-4H,(H,7,8,9);3-4H,2H2,1H3,(H,5,6,7). The molecule has 0 aliphatic carbocycles. The highest BCUT2D eigenvalue weighted by molar-refractivity contribution is 7.85. The van der Waals surface area contributed by atoms with Crippen molar-refractivity contribution in [3.05, 3.63) is 24.3 Å². The Morgan fingerprint density at radius 2 is 1.76 bits per heavy atom. The Kier molecular flexibility index (Phi) is 4.55. The molecule has 1 aromatic carbocycles. The number of para-hydroxylation sites is 2. The first-order valence-electron chi connectivity index (χ1n) is 4.77. The number of aromatic nitrogens is 3. The molecule has 17 heavy (non-hydrogen) atoms. The number of rotatable bonds is 2. The molecule has 7 nitrogen and oxygen atoms in total. The van der Waals surface area contributed by atoms with Crippen molar-refractivity contribution >= 4 is 21.2 Å². The summed E-state index contributed by atoms with van der Waals surface area (Å²) in [4.78, 5) is 0. The molecule has 0 spiro atoms. The molecule has 2 rings (SSSR count). The molecule has 1 unspecified atom stereocenters. The third kappa shape index (κ3) is 5.38. The van der Waals surface area contributed by atoms with Gasteiger partial charge in [0, 0.05) is 0 Å². The average Bonchev–Trinajstić information content (AvgIpc) is 2.61. The highest BCUT2D eigenvalue weighted by Gasteiger charge is 2.07. The van der Waals surface area contributed by atoms with Gasteiger partial charge in [0.1, 0.15) is 16.8 Å². The quantitative estimate of drug-likeness (QED) is 0.664. The van der Waals surface area contributed by atoms with E-state index in [0.29, 0.717) is 0 Å². The largest absolute Gasteiger partial charge is 0.392 e. The smallest absolute Gasteiger partial charge is 0.267 e. The molecule has 0 bridgehead atoms. The first kappa shape index (κ1) is 13.6. The van der Waals surface area contributed by atoms with E-state index in [1.54, 1.807) is 0 Å². The average molecular weight is 259 g/mol. The fraction of sp³-hybridized carbons (Fsp3) is 0.333. The molecule has 3 N–H and O–H groups in total. The van der Waals surface area contributed by atoms with Crippen molar-refractivity contribution in [2.75, 3.05) is 5.75 Å². The van der Waals surface area contributed by atoms with Crippen LogP contribution in [0.25, 0.3) is 11.0 Å². The van der Waals surface area contributed by atoms with Crippen molar-refractivity contribution in [1.29, 1.82) is 0 Å². The maximum Gasteiger partial charge on any atom is 0.267 e. The van der Waals surface area contributed by atoms with Crippen LogP contribution in [0.4, 0.5) is 0 Å². The second-order valence-electron chi connectivity index (χ2n) is 3.41. The first-order chi connectivity index (χ1) is 7.88. The van der Waals surface area contributed by atoms with Gasteiger partial charge >= 0.3 is 0 Å². The molecule has 94 valence electrons. The highest BCUT2D eigenvalue weighted by Crippen LogP contribution is 2.03. The summed E-state index contributed by atoms with van der Waals surface area (Å²) in [5.41, 5.74) is 1.83. The lowest BCUT2D eigenvalue weighted by molar-refractivity contribution is 0.215. The summed E-state index contributed by atoms with van der Waals surface area (Å²) in [5, 5.41) is 18.7. The first-order valence-corrected chi connectivity index (χ1v) is 6.38. The second-order valence-corrected chi connectivity index (χ2v) is 4.91. The third-order valence-corrected chi connectivity index (χ3v) is 2.58. The summed E-state index contributed by atoms with van der Waals surface area (Å²) < 4.78 is 27.7. The molecule has 1 heterocycles. The fourth-order valence-electron chi connectivity index (χ4n) is 1.09. The van der Waals surface area contributed by atoms with Gasteiger partial charge in [0.15, 0.2) is 0 Å². The lowest BCUT2D eigenvalue weighted by Gasteiger charge is -1.97. The monoisotopic (exact) mass is 259 g/mol. The molecular formula is C9H13N3O4S. The van der Waals surface area contributed by atoms with Gasteiger partial charge in [0.2, 0.25) is 0 Å². The Morgan fingerprint density at radius 1 is 1.29 bits per heavy atom. The highest BCUT2D eigenvalue weighted by atomic mass is 32.2. The molecular weight excluding hydrogens is 246 g/mol. The van der Waals surface area contributed by atoms with Crippen LogP contribution in [0, 0.1) is 0 Å². The van der Waals surface area contributed by atoms with E-state index in [1.165, 1.54) is 6.92 Å². The maximum atomic E-state index is 9.84. The van der Waals surface area contributed by atoms with E-state index in [2.05, 4.69) is 15.4 Å². The molecule has 0 saturated carbocycles. The van der Waals surface area contributed by atoms with Crippen molar-refractivity contribution in [2.24, 2.45) is 0 Å². The van der Waals surface area contributed by atoms with Gasteiger partial charge < -0.3 is 5.11 Å². The maximum absolute atomic E-state index is 9.84. The van der Waals surface area contributed by atoms with Crippen LogP contribution in [-0.2, 0) is 10.1 Å². The molecule has 2 aromatic rings. The molecule has 0 saturated heterocycles.